The van der Waals surface area contributed by atoms with Gasteiger partial charge in [0.25, 0.3) is 5.91 Å². The van der Waals surface area contributed by atoms with Gasteiger partial charge in [-0.3, -0.25) is 14.4 Å². The fourth-order valence-electron chi connectivity index (χ4n) is 3.45. The third-order valence-corrected chi connectivity index (χ3v) is 4.99. The van der Waals surface area contributed by atoms with Crippen LogP contribution in [0.3, 0.4) is 0 Å². The van der Waals surface area contributed by atoms with E-state index in [0.717, 1.165) is 45.1 Å². The number of hydrogen-bond donors (Lipinski definition) is 0. The van der Waals surface area contributed by atoms with Crippen molar-refractivity contribution < 1.29 is 4.79 Å². The summed E-state index contributed by atoms with van der Waals surface area (Å²) in [6.45, 7) is 5.65. The quantitative estimate of drug-likeness (QED) is 0.820. The zero-order chi connectivity index (χ0) is 16.5. The number of aromatic nitrogens is 3. The maximum absolute atomic E-state index is 12.4. The zero-order valence-corrected chi connectivity index (χ0v) is 13.9. The standard InChI is InChI=1S/C17H22N6O/c1-20-15(5-7-19-20)17(24)23-12-14(13-23)21-8-10-22(11-9-21)16-4-2-3-6-18-16/h2-7,14H,8-13H2,1H3. The van der Waals surface area contributed by atoms with Crippen LogP contribution in [0.4, 0.5) is 5.82 Å². The molecule has 2 aliphatic heterocycles. The van der Waals surface area contributed by atoms with Crippen molar-refractivity contribution in [1.82, 2.24) is 24.6 Å². The number of aryl methyl sites for hydroxylation is 1. The lowest BCUT2D eigenvalue weighted by Gasteiger charge is -2.48. The molecule has 1 amide bonds. The number of anilines is 1. The Morgan fingerprint density at radius 3 is 2.50 bits per heavy atom. The van der Waals surface area contributed by atoms with Crippen LogP contribution in [0.15, 0.2) is 36.7 Å². The highest BCUT2D eigenvalue weighted by atomic mass is 16.2. The van der Waals surface area contributed by atoms with Gasteiger partial charge in [0.15, 0.2) is 0 Å². The van der Waals surface area contributed by atoms with E-state index in [1.807, 2.05) is 23.2 Å². The van der Waals surface area contributed by atoms with Crippen molar-refractivity contribution in [2.75, 3.05) is 44.2 Å². The van der Waals surface area contributed by atoms with Gasteiger partial charge in [-0.05, 0) is 18.2 Å². The van der Waals surface area contributed by atoms with Crippen LogP contribution in [0.25, 0.3) is 0 Å². The molecular weight excluding hydrogens is 304 g/mol. The third kappa shape index (κ3) is 2.75. The molecule has 2 aliphatic rings. The summed E-state index contributed by atoms with van der Waals surface area (Å²) < 4.78 is 1.64. The summed E-state index contributed by atoms with van der Waals surface area (Å²) in [4.78, 5) is 23.6. The average Bonchev–Trinajstić information content (AvgIpc) is 3.01. The van der Waals surface area contributed by atoms with Crippen molar-refractivity contribution in [2.24, 2.45) is 7.05 Å². The van der Waals surface area contributed by atoms with Crippen LogP contribution >= 0.6 is 0 Å². The molecule has 24 heavy (non-hydrogen) atoms. The van der Waals surface area contributed by atoms with Crippen molar-refractivity contribution in [2.45, 2.75) is 6.04 Å². The molecule has 0 atom stereocenters. The highest BCUT2D eigenvalue weighted by Crippen LogP contribution is 2.21. The monoisotopic (exact) mass is 326 g/mol. The Labute approximate surface area is 141 Å². The number of rotatable bonds is 3. The molecule has 4 heterocycles. The number of amides is 1. The van der Waals surface area contributed by atoms with E-state index in [1.54, 1.807) is 24.0 Å². The van der Waals surface area contributed by atoms with Crippen LogP contribution in [-0.4, -0.2) is 75.8 Å². The van der Waals surface area contributed by atoms with Gasteiger partial charge in [-0.25, -0.2) is 4.98 Å². The molecule has 0 saturated carbocycles. The minimum atomic E-state index is 0.0818. The molecule has 2 aromatic rings. The summed E-state index contributed by atoms with van der Waals surface area (Å²) in [5.41, 5.74) is 0.661. The number of likely N-dealkylation sites (tertiary alicyclic amines) is 1. The molecule has 7 nitrogen and oxygen atoms in total. The predicted molar refractivity (Wildman–Crippen MR) is 90.9 cm³/mol. The van der Waals surface area contributed by atoms with Gasteiger partial charge >= 0.3 is 0 Å². The Morgan fingerprint density at radius 1 is 1.08 bits per heavy atom. The van der Waals surface area contributed by atoms with E-state index in [4.69, 9.17) is 0 Å². The van der Waals surface area contributed by atoms with Crippen molar-refractivity contribution in [3.63, 3.8) is 0 Å². The van der Waals surface area contributed by atoms with E-state index in [9.17, 15) is 4.79 Å². The van der Waals surface area contributed by atoms with E-state index in [2.05, 4.69) is 25.9 Å². The maximum atomic E-state index is 12.4. The molecular formula is C17H22N6O. The zero-order valence-electron chi connectivity index (χ0n) is 13.9. The minimum Gasteiger partial charge on any atom is -0.354 e. The summed E-state index contributed by atoms with van der Waals surface area (Å²) in [5.74, 6) is 1.14. The first-order valence-electron chi connectivity index (χ1n) is 8.39. The molecule has 126 valence electrons. The third-order valence-electron chi connectivity index (χ3n) is 4.99. The summed E-state index contributed by atoms with van der Waals surface area (Å²) in [7, 11) is 1.81. The number of carbonyl (C=O) groups excluding carboxylic acids is 1. The SMILES string of the molecule is Cn1nccc1C(=O)N1CC(N2CCN(c3ccccn3)CC2)C1. The topological polar surface area (TPSA) is 57.5 Å². The summed E-state index contributed by atoms with van der Waals surface area (Å²) in [6, 6.07) is 8.30. The second-order valence-electron chi connectivity index (χ2n) is 6.41. The van der Waals surface area contributed by atoms with Gasteiger partial charge in [0.2, 0.25) is 0 Å². The fourth-order valence-corrected chi connectivity index (χ4v) is 3.45. The Balaban J connectivity index is 1.28. The van der Waals surface area contributed by atoms with Gasteiger partial charge in [-0.15, -0.1) is 0 Å². The maximum Gasteiger partial charge on any atom is 0.272 e. The second-order valence-corrected chi connectivity index (χ2v) is 6.41. The van der Waals surface area contributed by atoms with Gasteiger partial charge in [-0.1, -0.05) is 6.07 Å². The fraction of sp³-hybridized carbons (Fsp3) is 0.471. The number of hydrogen-bond acceptors (Lipinski definition) is 5. The van der Waals surface area contributed by atoms with Crippen LogP contribution in [0, 0.1) is 0 Å². The lowest BCUT2D eigenvalue weighted by molar-refractivity contribution is 0.0238. The van der Waals surface area contributed by atoms with Crippen LogP contribution in [0.1, 0.15) is 10.5 Å². The average molecular weight is 326 g/mol. The Kier molecular flexibility index (Phi) is 3.93. The first-order valence-corrected chi connectivity index (χ1v) is 8.39. The number of piperazine rings is 1. The smallest absolute Gasteiger partial charge is 0.272 e. The van der Waals surface area contributed by atoms with Gasteiger partial charge < -0.3 is 9.80 Å². The van der Waals surface area contributed by atoms with Gasteiger partial charge in [0.1, 0.15) is 11.5 Å². The molecule has 0 radical (unpaired) electrons. The van der Waals surface area contributed by atoms with Crippen molar-refractivity contribution in [3.8, 4) is 0 Å². The largest absolute Gasteiger partial charge is 0.354 e. The van der Waals surface area contributed by atoms with Crippen LogP contribution in [0.2, 0.25) is 0 Å². The predicted octanol–water partition coefficient (Wildman–Crippen LogP) is 0.462. The normalized spacial score (nSPS) is 19.4. The summed E-state index contributed by atoms with van der Waals surface area (Å²) in [6.07, 6.45) is 3.51. The number of carbonyl (C=O) groups is 1. The highest BCUT2D eigenvalue weighted by Gasteiger charge is 2.37. The molecule has 0 aromatic carbocycles. The molecule has 0 spiro atoms. The van der Waals surface area contributed by atoms with Gasteiger partial charge in [0.05, 0.1) is 0 Å². The summed E-state index contributed by atoms with van der Waals surface area (Å²) >= 11 is 0. The van der Waals surface area contributed by atoms with Crippen molar-refractivity contribution >= 4 is 11.7 Å². The second kappa shape index (κ2) is 6.24. The number of nitrogens with zero attached hydrogens (tertiary/aromatic N) is 6. The molecule has 7 heteroatoms. The van der Waals surface area contributed by atoms with Crippen molar-refractivity contribution in [3.05, 3.63) is 42.4 Å². The Morgan fingerprint density at radius 2 is 1.88 bits per heavy atom. The van der Waals surface area contributed by atoms with Crippen molar-refractivity contribution in [1.29, 1.82) is 0 Å². The van der Waals surface area contributed by atoms with E-state index >= 15 is 0 Å². The molecule has 2 saturated heterocycles. The van der Waals surface area contributed by atoms with E-state index < -0.39 is 0 Å². The molecule has 2 fully saturated rings. The minimum absolute atomic E-state index is 0.0818. The van der Waals surface area contributed by atoms with E-state index in [1.165, 1.54) is 0 Å². The lowest BCUT2D eigenvalue weighted by atomic mass is 10.1. The van der Waals surface area contributed by atoms with Gasteiger partial charge in [-0.2, -0.15) is 5.10 Å². The molecule has 0 unspecified atom stereocenters. The highest BCUT2D eigenvalue weighted by molar-refractivity contribution is 5.93. The Bertz CT molecular complexity index is 701. The van der Waals surface area contributed by atoms with Crippen LogP contribution < -0.4 is 4.90 Å². The summed E-state index contributed by atoms with van der Waals surface area (Å²) in [5, 5.41) is 4.07. The number of pyridine rings is 1. The molecule has 2 aromatic heterocycles. The molecule has 0 bridgehead atoms. The van der Waals surface area contributed by atoms with Crippen LogP contribution in [0.5, 0.6) is 0 Å². The lowest BCUT2D eigenvalue weighted by Crippen LogP contribution is -2.64. The first kappa shape index (κ1) is 15.1. The van der Waals surface area contributed by atoms with E-state index in [0.29, 0.717) is 11.7 Å². The molecule has 0 aliphatic carbocycles. The first-order chi connectivity index (χ1) is 11.7. The van der Waals surface area contributed by atoms with E-state index in [-0.39, 0.29) is 5.91 Å². The van der Waals surface area contributed by atoms with Crippen LogP contribution in [-0.2, 0) is 7.05 Å². The molecule has 4 rings (SSSR count). The Hall–Kier alpha value is -2.41. The molecule has 0 N–H and O–H groups in total. The van der Waals surface area contributed by atoms with Gasteiger partial charge in [0, 0.05) is 64.8 Å².